The maximum absolute atomic E-state index is 11.3. The van der Waals surface area contributed by atoms with Crippen molar-refractivity contribution in [1.82, 2.24) is 15.8 Å². The lowest BCUT2D eigenvalue weighted by molar-refractivity contribution is -0.150. The van der Waals surface area contributed by atoms with Crippen molar-refractivity contribution in [1.29, 1.82) is 0 Å². The molecular weight excluding hydrogens is 218 g/mol. The normalized spacial score (nSPS) is 20.5. The van der Waals surface area contributed by atoms with Crippen LogP contribution in [0.2, 0.25) is 0 Å². The first-order valence-corrected chi connectivity index (χ1v) is 4.86. The van der Waals surface area contributed by atoms with Gasteiger partial charge in [-0.05, 0) is 12.2 Å². The fourth-order valence-corrected chi connectivity index (χ4v) is 1.46. The van der Waals surface area contributed by atoms with Crippen LogP contribution < -0.4 is 10.7 Å². The molecule has 0 aromatic rings. The van der Waals surface area contributed by atoms with Crippen LogP contribution in [-0.2, 0) is 14.3 Å². The number of carbonyl (C=O) groups excluding carboxylic acids is 2. The van der Waals surface area contributed by atoms with Crippen LogP contribution in [0.25, 0.3) is 0 Å². The summed E-state index contributed by atoms with van der Waals surface area (Å²) in [5.74, 6) is -1.10. The minimum Gasteiger partial charge on any atom is -0.469 e. The highest BCUT2D eigenvalue weighted by molar-refractivity contribution is 7.80. The van der Waals surface area contributed by atoms with E-state index in [-0.39, 0.29) is 12.3 Å². The van der Waals surface area contributed by atoms with E-state index in [9.17, 15) is 9.59 Å². The van der Waals surface area contributed by atoms with E-state index in [1.807, 2.05) is 0 Å². The standard InChI is InChI=1S/C8H13N3O3S/c1-9-8(15)11-4-5(7(13)14-2)3-6(12)10-11/h5H,3-4H2,1-2H3,(H,9,15)(H,10,12). The molecule has 0 aromatic heterocycles. The molecule has 0 bridgehead atoms. The molecule has 0 saturated carbocycles. The second-order valence-corrected chi connectivity index (χ2v) is 3.51. The van der Waals surface area contributed by atoms with Gasteiger partial charge in [-0.3, -0.25) is 20.0 Å². The SMILES string of the molecule is CNC(=S)N1CC(C(=O)OC)CC(=O)N1. The van der Waals surface area contributed by atoms with E-state index >= 15 is 0 Å². The molecule has 0 radical (unpaired) electrons. The molecule has 1 aliphatic rings. The van der Waals surface area contributed by atoms with Crippen molar-refractivity contribution in [3.63, 3.8) is 0 Å². The molecule has 0 aliphatic carbocycles. The molecule has 1 heterocycles. The Hall–Kier alpha value is -1.37. The zero-order valence-electron chi connectivity index (χ0n) is 8.57. The number of amides is 1. The van der Waals surface area contributed by atoms with Crippen molar-refractivity contribution in [2.75, 3.05) is 20.7 Å². The maximum Gasteiger partial charge on any atom is 0.311 e. The Morgan fingerprint density at radius 1 is 1.73 bits per heavy atom. The third kappa shape index (κ3) is 2.79. The molecular formula is C8H13N3O3S. The number of hydrogen-bond acceptors (Lipinski definition) is 4. The summed E-state index contributed by atoms with van der Waals surface area (Å²) >= 11 is 4.95. The van der Waals surface area contributed by atoms with Crippen molar-refractivity contribution in [2.24, 2.45) is 5.92 Å². The monoisotopic (exact) mass is 231 g/mol. The Balaban J connectivity index is 2.67. The molecule has 0 spiro atoms. The first-order valence-electron chi connectivity index (χ1n) is 4.45. The van der Waals surface area contributed by atoms with E-state index in [4.69, 9.17) is 12.2 Å². The zero-order valence-corrected chi connectivity index (χ0v) is 9.39. The fraction of sp³-hybridized carbons (Fsp3) is 0.625. The minimum atomic E-state index is -0.463. The molecule has 1 atom stereocenters. The first-order chi connectivity index (χ1) is 7.08. The lowest BCUT2D eigenvalue weighted by atomic mass is 10.0. The summed E-state index contributed by atoms with van der Waals surface area (Å²) in [6.07, 6.45) is 0.134. The van der Waals surface area contributed by atoms with Crippen LogP contribution in [0.1, 0.15) is 6.42 Å². The van der Waals surface area contributed by atoms with Crippen LogP contribution in [0, 0.1) is 5.92 Å². The topological polar surface area (TPSA) is 70.7 Å². The van der Waals surface area contributed by atoms with Crippen LogP contribution in [0.5, 0.6) is 0 Å². The molecule has 1 aliphatic heterocycles. The summed E-state index contributed by atoms with van der Waals surface area (Å²) in [5.41, 5.74) is 2.56. The Morgan fingerprint density at radius 2 is 2.40 bits per heavy atom. The van der Waals surface area contributed by atoms with Crippen molar-refractivity contribution >= 4 is 29.2 Å². The third-order valence-electron chi connectivity index (χ3n) is 2.09. The second kappa shape index (κ2) is 4.92. The number of nitrogens with zero attached hydrogens (tertiary/aromatic N) is 1. The molecule has 1 saturated heterocycles. The number of rotatable bonds is 1. The van der Waals surface area contributed by atoms with Crippen molar-refractivity contribution in [3.8, 4) is 0 Å². The van der Waals surface area contributed by atoms with E-state index < -0.39 is 11.9 Å². The molecule has 15 heavy (non-hydrogen) atoms. The molecule has 1 rings (SSSR count). The van der Waals surface area contributed by atoms with Gasteiger partial charge in [0.15, 0.2) is 5.11 Å². The van der Waals surface area contributed by atoms with Gasteiger partial charge in [0.25, 0.3) is 0 Å². The van der Waals surface area contributed by atoms with E-state index in [1.165, 1.54) is 12.1 Å². The van der Waals surface area contributed by atoms with Gasteiger partial charge in [-0.25, -0.2) is 0 Å². The number of carbonyl (C=O) groups is 2. The van der Waals surface area contributed by atoms with Gasteiger partial charge in [-0.2, -0.15) is 0 Å². The van der Waals surface area contributed by atoms with Crippen LogP contribution in [0.4, 0.5) is 0 Å². The molecule has 1 fully saturated rings. The average molecular weight is 231 g/mol. The van der Waals surface area contributed by atoms with E-state index in [1.54, 1.807) is 7.05 Å². The number of nitrogens with one attached hydrogen (secondary N) is 2. The smallest absolute Gasteiger partial charge is 0.311 e. The molecule has 6 nitrogen and oxygen atoms in total. The average Bonchev–Trinajstić information content (AvgIpc) is 2.26. The maximum atomic E-state index is 11.3. The minimum absolute atomic E-state index is 0.134. The summed E-state index contributed by atoms with van der Waals surface area (Å²) in [6, 6.07) is 0. The number of esters is 1. The highest BCUT2D eigenvalue weighted by Gasteiger charge is 2.31. The first kappa shape index (κ1) is 11.7. The van der Waals surface area contributed by atoms with Gasteiger partial charge in [0.1, 0.15) is 0 Å². The van der Waals surface area contributed by atoms with Crippen LogP contribution >= 0.6 is 12.2 Å². The van der Waals surface area contributed by atoms with Crippen LogP contribution in [0.15, 0.2) is 0 Å². The van der Waals surface area contributed by atoms with Gasteiger partial charge in [0.2, 0.25) is 5.91 Å². The Morgan fingerprint density at radius 3 is 2.93 bits per heavy atom. The van der Waals surface area contributed by atoms with Gasteiger partial charge < -0.3 is 10.1 Å². The molecule has 0 aromatic carbocycles. The molecule has 2 N–H and O–H groups in total. The highest BCUT2D eigenvalue weighted by atomic mass is 32.1. The summed E-state index contributed by atoms with van der Waals surface area (Å²) in [7, 11) is 2.95. The number of methoxy groups -OCH3 is 1. The van der Waals surface area contributed by atoms with Gasteiger partial charge in [-0.1, -0.05) is 0 Å². The van der Waals surface area contributed by atoms with Gasteiger partial charge in [-0.15, -0.1) is 0 Å². The Kier molecular flexibility index (Phi) is 3.84. The van der Waals surface area contributed by atoms with Crippen molar-refractivity contribution < 1.29 is 14.3 Å². The Bertz CT molecular complexity index is 269. The lowest BCUT2D eigenvalue weighted by Gasteiger charge is -2.32. The third-order valence-corrected chi connectivity index (χ3v) is 2.51. The predicted octanol–water partition coefficient (Wildman–Crippen LogP) is -0.983. The summed E-state index contributed by atoms with van der Waals surface area (Å²) in [6.45, 7) is 0.331. The number of thiocarbonyl (C=S) groups is 1. The zero-order chi connectivity index (χ0) is 11.4. The number of hydrogen-bond donors (Lipinski definition) is 2. The molecule has 7 heteroatoms. The quantitative estimate of drug-likeness (QED) is 0.446. The second-order valence-electron chi connectivity index (χ2n) is 3.12. The lowest BCUT2D eigenvalue weighted by Crippen LogP contribution is -2.56. The van der Waals surface area contributed by atoms with E-state index in [2.05, 4.69) is 15.5 Å². The predicted molar refractivity (Wildman–Crippen MR) is 56.6 cm³/mol. The summed E-state index contributed by atoms with van der Waals surface area (Å²) in [4.78, 5) is 22.6. The van der Waals surface area contributed by atoms with Crippen molar-refractivity contribution in [3.05, 3.63) is 0 Å². The molecule has 1 unspecified atom stereocenters. The van der Waals surface area contributed by atoms with Crippen LogP contribution in [0.3, 0.4) is 0 Å². The van der Waals surface area contributed by atoms with E-state index in [0.717, 1.165) is 0 Å². The summed E-state index contributed by atoms with van der Waals surface area (Å²) < 4.78 is 4.59. The van der Waals surface area contributed by atoms with E-state index in [0.29, 0.717) is 11.7 Å². The fourth-order valence-electron chi connectivity index (χ4n) is 1.34. The van der Waals surface area contributed by atoms with Crippen LogP contribution in [-0.4, -0.2) is 42.7 Å². The molecule has 84 valence electrons. The number of hydrazine groups is 1. The Labute approximate surface area is 92.9 Å². The highest BCUT2D eigenvalue weighted by Crippen LogP contribution is 2.12. The molecule has 1 amide bonds. The van der Waals surface area contributed by atoms with Gasteiger partial charge >= 0.3 is 5.97 Å². The number of ether oxygens (including phenoxy) is 1. The largest absolute Gasteiger partial charge is 0.469 e. The summed E-state index contributed by atoms with van der Waals surface area (Å²) in [5, 5.41) is 4.53. The van der Waals surface area contributed by atoms with Gasteiger partial charge in [0.05, 0.1) is 19.6 Å². The van der Waals surface area contributed by atoms with Gasteiger partial charge in [0, 0.05) is 13.5 Å². The van der Waals surface area contributed by atoms with Crippen molar-refractivity contribution in [2.45, 2.75) is 6.42 Å².